The number of anilines is 1. The third-order valence-electron chi connectivity index (χ3n) is 6.19. The van der Waals surface area contributed by atoms with Gasteiger partial charge in [0.15, 0.2) is 0 Å². The Hall–Kier alpha value is -2.29. The molecular formula is C25H31Cl2N3O4S. The standard InChI is InChI=1S/C25H31Cl2N3O4S/c1-18(25(32)28-21-8-4-3-5-9-21)29(16-19-12-14-20(26)15-13-19)24(31)17-30(35(2,33)34)23-11-7-6-10-22(23)27/h6-7,10-15,18,21H,3-5,8-9,16-17H2,1-2H3,(H,28,32)/t18-/m1/s1. The maximum atomic E-state index is 13.6. The van der Waals surface area contributed by atoms with E-state index in [1.165, 1.54) is 4.90 Å². The number of halogens is 2. The zero-order chi connectivity index (χ0) is 25.6. The minimum absolute atomic E-state index is 0.0850. The summed E-state index contributed by atoms with van der Waals surface area (Å²) >= 11 is 12.2. The largest absolute Gasteiger partial charge is 0.352 e. The number of hydrogen-bond donors (Lipinski definition) is 1. The lowest BCUT2D eigenvalue weighted by Crippen LogP contribution is -2.53. The summed E-state index contributed by atoms with van der Waals surface area (Å²) in [5.74, 6) is -0.778. The average Bonchev–Trinajstić information content (AvgIpc) is 2.82. The van der Waals surface area contributed by atoms with Gasteiger partial charge in [-0.3, -0.25) is 13.9 Å². The van der Waals surface area contributed by atoms with E-state index in [4.69, 9.17) is 23.2 Å². The van der Waals surface area contributed by atoms with E-state index >= 15 is 0 Å². The van der Waals surface area contributed by atoms with Crippen molar-refractivity contribution in [2.24, 2.45) is 0 Å². The van der Waals surface area contributed by atoms with Gasteiger partial charge in [-0.1, -0.05) is 66.7 Å². The van der Waals surface area contributed by atoms with Gasteiger partial charge in [0.2, 0.25) is 21.8 Å². The van der Waals surface area contributed by atoms with Crippen molar-refractivity contribution in [3.8, 4) is 0 Å². The highest BCUT2D eigenvalue weighted by Gasteiger charge is 2.31. The van der Waals surface area contributed by atoms with Crippen LogP contribution < -0.4 is 9.62 Å². The van der Waals surface area contributed by atoms with Crippen LogP contribution in [0.3, 0.4) is 0 Å². The van der Waals surface area contributed by atoms with E-state index in [2.05, 4.69) is 5.32 Å². The van der Waals surface area contributed by atoms with E-state index in [0.29, 0.717) is 5.02 Å². The summed E-state index contributed by atoms with van der Waals surface area (Å²) in [7, 11) is -3.83. The van der Waals surface area contributed by atoms with Crippen molar-refractivity contribution in [1.29, 1.82) is 0 Å². The molecule has 3 rings (SSSR count). The first kappa shape index (κ1) is 27.3. The molecule has 2 amide bonds. The molecule has 1 N–H and O–H groups in total. The number of para-hydroxylation sites is 1. The molecule has 2 aromatic carbocycles. The topological polar surface area (TPSA) is 86.8 Å². The minimum atomic E-state index is -3.83. The summed E-state index contributed by atoms with van der Waals surface area (Å²) in [5.41, 5.74) is 0.972. The van der Waals surface area contributed by atoms with Gasteiger partial charge in [-0.15, -0.1) is 0 Å². The molecule has 0 aromatic heterocycles. The van der Waals surface area contributed by atoms with E-state index in [1.54, 1.807) is 55.5 Å². The van der Waals surface area contributed by atoms with Crippen LogP contribution in [0.15, 0.2) is 48.5 Å². The monoisotopic (exact) mass is 539 g/mol. The van der Waals surface area contributed by atoms with Gasteiger partial charge >= 0.3 is 0 Å². The van der Waals surface area contributed by atoms with Crippen LogP contribution in [0.5, 0.6) is 0 Å². The number of sulfonamides is 1. The van der Waals surface area contributed by atoms with Crippen LogP contribution in [0.1, 0.15) is 44.6 Å². The fourth-order valence-corrected chi connectivity index (χ4v) is 5.46. The van der Waals surface area contributed by atoms with Crippen molar-refractivity contribution in [3.05, 3.63) is 64.1 Å². The molecule has 0 bridgehead atoms. The molecule has 1 fully saturated rings. The third-order valence-corrected chi connectivity index (χ3v) is 7.88. The van der Waals surface area contributed by atoms with Gasteiger partial charge in [-0.05, 0) is 49.6 Å². The van der Waals surface area contributed by atoms with Gasteiger partial charge in [0.1, 0.15) is 12.6 Å². The molecule has 1 atom stereocenters. The van der Waals surface area contributed by atoms with Gasteiger partial charge in [-0.2, -0.15) is 0 Å². The van der Waals surface area contributed by atoms with Crippen LogP contribution in [0.25, 0.3) is 0 Å². The SMILES string of the molecule is C[C@H](C(=O)NC1CCCCC1)N(Cc1ccc(Cl)cc1)C(=O)CN(c1ccccc1Cl)S(C)(=O)=O. The summed E-state index contributed by atoms with van der Waals surface area (Å²) in [6, 6.07) is 12.7. The quantitative estimate of drug-likeness (QED) is 0.503. The molecule has 0 saturated heterocycles. The Kier molecular flexibility index (Phi) is 9.44. The molecule has 35 heavy (non-hydrogen) atoms. The van der Waals surface area contributed by atoms with Gasteiger partial charge in [-0.25, -0.2) is 8.42 Å². The maximum Gasteiger partial charge on any atom is 0.244 e. The van der Waals surface area contributed by atoms with E-state index < -0.39 is 28.5 Å². The molecule has 0 unspecified atom stereocenters. The molecule has 0 aliphatic heterocycles. The highest BCUT2D eigenvalue weighted by Crippen LogP contribution is 2.27. The fourth-order valence-electron chi connectivity index (χ4n) is 4.19. The Morgan fingerprint density at radius 1 is 1.03 bits per heavy atom. The van der Waals surface area contributed by atoms with E-state index in [1.807, 2.05) is 0 Å². The van der Waals surface area contributed by atoms with Crippen LogP contribution in [0.4, 0.5) is 5.69 Å². The summed E-state index contributed by atoms with van der Waals surface area (Å²) in [6.45, 7) is 1.29. The second-order valence-corrected chi connectivity index (χ2v) is 11.6. The number of carbonyl (C=O) groups is 2. The van der Waals surface area contributed by atoms with Crippen LogP contribution in [0.2, 0.25) is 10.0 Å². The predicted molar refractivity (Wildman–Crippen MR) is 140 cm³/mol. The lowest BCUT2D eigenvalue weighted by Gasteiger charge is -2.33. The molecular weight excluding hydrogens is 509 g/mol. The minimum Gasteiger partial charge on any atom is -0.352 e. The molecule has 1 aliphatic rings. The van der Waals surface area contributed by atoms with Gasteiger partial charge in [0.05, 0.1) is 17.0 Å². The van der Waals surface area contributed by atoms with Crippen molar-refractivity contribution < 1.29 is 18.0 Å². The second-order valence-electron chi connectivity index (χ2n) is 8.89. The molecule has 1 saturated carbocycles. The van der Waals surface area contributed by atoms with E-state index in [-0.39, 0.29) is 29.2 Å². The second kappa shape index (κ2) is 12.1. The predicted octanol–water partition coefficient (Wildman–Crippen LogP) is 4.63. The summed E-state index contributed by atoms with van der Waals surface area (Å²) in [4.78, 5) is 28.1. The van der Waals surface area contributed by atoms with E-state index in [9.17, 15) is 18.0 Å². The maximum absolute atomic E-state index is 13.6. The highest BCUT2D eigenvalue weighted by molar-refractivity contribution is 7.92. The van der Waals surface area contributed by atoms with Crippen LogP contribution in [0, 0.1) is 0 Å². The third kappa shape index (κ3) is 7.59. The number of amides is 2. The normalized spacial score (nSPS) is 15.3. The van der Waals surface area contributed by atoms with Crippen LogP contribution in [-0.4, -0.2) is 50.0 Å². The van der Waals surface area contributed by atoms with Gasteiger partial charge in [0.25, 0.3) is 0 Å². The Labute approximate surface area is 217 Å². The summed E-state index contributed by atoms with van der Waals surface area (Å²) < 4.78 is 26.2. The lowest BCUT2D eigenvalue weighted by molar-refractivity contribution is -0.139. The zero-order valence-electron chi connectivity index (χ0n) is 19.9. The van der Waals surface area contributed by atoms with Crippen molar-refractivity contribution >= 4 is 50.7 Å². The van der Waals surface area contributed by atoms with Gasteiger partial charge < -0.3 is 10.2 Å². The zero-order valence-corrected chi connectivity index (χ0v) is 22.2. The molecule has 7 nitrogen and oxygen atoms in total. The molecule has 0 radical (unpaired) electrons. The van der Waals surface area contributed by atoms with Crippen molar-refractivity contribution in [1.82, 2.24) is 10.2 Å². The summed E-state index contributed by atoms with van der Waals surface area (Å²) in [5, 5.41) is 3.83. The number of nitrogens with zero attached hydrogens (tertiary/aromatic N) is 2. The first-order valence-electron chi connectivity index (χ1n) is 11.6. The van der Waals surface area contributed by atoms with Crippen molar-refractivity contribution in [3.63, 3.8) is 0 Å². The number of rotatable bonds is 9. The first-order valence-corrected chi connectivity index (χ1v) is 14.2. The number of hydrogen-bond acceptors (Lipinski definition) is 4. The number of benzene rings is 2. The van der Waals surface area contributed by atoms with Crippen molar-refractivity contribution in [2.75, 3.05) is 17.1 Å². The molecule has 0 spiro atoms. The van der Waals surface area contributed by atoms with Crippen molar-refractivity contribution in [2.45, 2.75) is 57.7 Å². The Morgan fingerprint density at radius 3 is 2.26 bits per heavy atom. The number of nitrogens with one attached hydrogen (secondary N) is 1. The Balaban J connectivity index is 1.87. The Morgan fingerprint density at radius 2 is 1.66 bits per heavy atom. The van der Waals surface area contributed by atoms with Crippen LogP contribution in [-0.2, 0) is 26.2 Å². The first-order chi connectivity index (χ1) is 16.6. The Bertz CT molecular complexity index is 1140. The molecule has 10 heteroatoms. The lowest BCUT2D eigenvalue weighted by atomic mass is 9.95. The molecule has 0 heterocycles. The van der Waals surface area contributed by atoms with E-state index in [0.717, 1.165) is 48.2 Å². The number of carbonyl (C=O) groups excluding carboxylic acids is 2. The van der Waals surface area contributed by atoms with Gasteiger partial charge in [0, 0.05) is 17.6 Å². The smallest absolute Gasteiger partial charge is 0.244 e. The molecule has 1 aliphatic carbocycles. The summed E-state index contributed by atoms with van der Waals surface area (Å²) in [6.07, 6.45) is 6.14. The van der Waals surface area contributed by atoms with Crippen LogP contribution >= 0.6 is 23.2 Å². The highest BCUT2D eigenvalue weighted by atomic mass is 35.5. The molecule has 2 aromatic rings. The fraction of sp³-hybridized carbons (Fsp3) is 0.440. The molecule has 190 valence electrons. The average molecular weight is 541 g/mol.